The molecule has 0 unspecified atom stereocenters. The van der Waals surface area contributed by atoms with Gasteiger partial charge in [0.05, 0.1) is 11.6 Å². The van der Waals surface area contributed by atoms with Crippen LogP contribution >= 0.6 is 11.6 Å². The summed E-state index contributed by atoms with van der Waals surface area (Å²) < 4.78 is 27.1. The third-order valence-electron chi connectivity index (χ3n) is 4.46. The minimum atomic E-state index is -3.64. The zero-order valence-corrected chi connectivity index (χ0v) is 16.6. The SMILES string of the molecule is Cc1ccc(S(=O)(=O)N2CCN(CC(=O)Nc3ccccc3)CC2)c(Cl)c1. The minimum Gasteiger partial charge on any atom is -0.325 e. The Morgan fingerprint density at radius 1 is 1.07 bits per heavy atom. The van der Waals surface area contributed by atoms with Crippen LogP contribution in [-0.4, -0.2) is 56.3 Å². The molecule has 2 aromatic carbocycles. The highest BCUT2D eigenvalue weighted by atomic mass is 35.5. The van der Waals surface area contributed by atoms with Crippen molar-refractivity contribution in [3.8, 4) is 0 Å². The number of amides is 1. The summed E-state index contributed by atoms with van der Waals surface area (Å²) in [5, 5.41) is 3.08. The Labute approximate surface area is 164 Å². The number of anilines is 1. The van der Waals surface area contributed by atoms with Crippen molar-refractivity contribution in [3.05, 3.63) is 59.1 Å². The first-order chi connectivity index (χ1) is 12.9. The number of aryl methyl sites for hydroxylation is 1. The van der Waals surface area contributed by atoms with Crippen molar-refractivity contribution in [3.63, 3.8) is 0 Å². The highest BCUT2D eigenvalue weighted by Gasteiger charge is 2.30. The van der Waals surface area contributed by atoms with Crippen LogP contribution < -0.4 is 5.32 Å². The molecular weight excluding hydrogens is 386 g/mol. The molecule has 6 nitrogen and oxygen atoms in total. The smallest absolute Gasteiger partial charge is 0.244 e. The lowest BCUT2D eigenvalue weighted by Gasteiger charge is -2.33. The Kier molecular flexibility index (Phi) is 6.16. The van der Waals surface area contributed by atoms with E-state index in [4.69, 9.17) is 11.6 Å². The Bertz CT molecular complexity index is 911. The largest absolute Gasteiger partial charge is 0.325 e. The molecule has 144 valence electrons. The highest BCUT2D eigenvalue weighted by molar-refractivity contribution is 7.89. The summed E-state index contributed by atoms with van der Waals surface area (Å²) in [7, 11) is -3.64. The van der Waals surface area contributed by atoms with Gasteiger partial charge in [0.25, 0.3) is 0 Å². The van der Waals surface area contributed by atoms with E-state index in [0.29, 0.717) is 26.2 Å². The van der Waals surface area contributed by atoms with E-state index in [1.165, 1.54) is 4.31 Å². The fourth-order valence-corrected chi connectivity index (χ4v) is 5.00. The summed E-state index contributed by atoms with van der Waals surface area (Å²) in [6, 6.07) is 14.2. The number of carbonyl (C=O) groups is 1. The van der Waals surface area contributed by atoms with Crippen LogP contribution in [0.2, 0.25) is 5.02 Å². The normalized spacial score (nSPS) is 16.2. The van der Waals surface area contributed by atoms with Gasteiger partial charge in [-0.15, -0.1) is 0 Å². The standard InChI is InChI=1S/C19H22ClN3O3S/c1-15-7-8-18(17(20)13-15)27(25,26)23-11-9-22(10-12-23)14-19(24)21-16-5-3-2-4-6-16/h2-8,13H,9-12,14H2,1H3,(H,21,24). The van der Waals surface area contributed by atoms with Crippen LogP contribution in [0.4, 0.5) is 5.69 Å². The number of nitrogens with one attached hydrogen (secondary N) is 1. The molecule has 0 radical (unpaired) electrons. The summed E-state index contributed by atoms with van der Waals surface area (Å²) in [5.41, 5.74) is 1.66. The monoisotopic (exact) mass is 407 g/mol. The number of piperazine rings is 1. The van der Waals surface area contributed by atoms with E-state index in [1.807, 2.05) is 42.2 Å². The summed E-state index contributed by atoms with van der Waals surface area (Å²) in [5.74, 6) is -0.112. The van der Waals surface area contributed by atoms with E-state index < -0.39 is 10.0 Å². The summed E-state index contributed by atoms with van der Waals surface area (Å²) in [6.07, 6.45) is 0. The van der Waals surface area contributed by atoms with Crippen molar-refractivity contribution in [1.82, 2.24) is 9.21 Å². The molecule has 1 saturated heterocycles. The molecule has 0 spiro atoms. The molecule has 1 aliphatic rings. The molecule has 0 aromatic heterocycles. The molecule has 3 rings (SSSR count). The van der Waals surface area contributed by atoms with Crippen molar-refractivity contribution in [2.45, 2.75) is 11.8 Å². The second-order valence-corrected chi connectivity index (χ2v) is 8.84. The minimum absolute atomic E-state index is 0.112. The molecule has 1 N–H and O–H groups in total. The first kappa shape index (κ1) is 19.8. The molecule has 0 atom stereocenters. The average Bonchev–Trinajstić information content (AvgIpc) is 2.62. The molecule has 0 bridgehead atoms. The van der Waals surface area contributed by atoms with Crippen LogP contribution in [0.15, 0.2) is 53.4 Å². The molecule has 0 saturated carbocycles. The van der Waals surface area contributed by atoms with Gasteiger partial charge in [0.1, 0.15) is 4.90 Å². The number of nitrogens with zero attached hydrogens (tertiary/aromatic N) is 2. The maximum absolute atomic E-state index is 12.8. The van der Waals surface area contributed by atoms with Gasteiger partial charge in [-0.3, -0.25) is 9.69 Å². The van der Waals surface area contributed by atoms with E-state index in [9.17, 15) is 13.2 Å². The van der Waals surface area contributed by atoms with Gasteiger partial charge >= 0.3 is 0 Å². The van der Waals surface area contributed by atoms with Crippen LogP contribution in [0.3, 0.4) is 0 Å². The van der Waals surface area contributed by atoms with Gasteiger partial charge in [-0.2, -0.15) is 4.31 Å². The van der Waals surface area contributed by atoms with Crippen LogP contribution in [0.1, 0.15) is 5.56 Å². The lowest BCUT2D eigenvalue weighted by atomic mass is 10.2. The fraction of sp³-hybridized carbons (Fsp3) is 0.316. The maximum Gasteiger partial charge on any atom is 0.244 e. The molecular formula is C19H22ClN3O3S. The van der Waals surface area contributed by atoms with Gasteiger partial charge < -0.3 is 5.32 Å². The van der Waals surface area contributed by atoms with Gasteiger partial charge in [-0.25, -0.2) is 8.42 Å². The van der Waals surface area contributed by atoms with Gasteiger partial charge in [-0.1, -0.05) is 35.9 Å². The number of carbonyl (C=O) groups excluding carboxylic acids is 1. The number of para-hydroxylation sites is 1. The van der Waals surface area contributed by atoms with Crippen LogP contribution in [0, 0.1) is 6.92 Å². The molecule has 1 aliphatic heterocycles. The second kappa shape index (κ2) is 8.39. The average molecular weight is 408 g/mol. The first-order valence-electron chi connectivity index (χ1n) is 8.70. The number of sulfonamides is 1. The Morgan fingerprint density at radius 3 is 2.37 bits per heavy atom. The Morgan fingerprint density at radius 2 is 1.74 bits per heavy atom. The Hall–Kier alpha value is -1.93. The summed E-state index contributed by atoms with van der Waals surface area (Å²) in [4.78, 5) is 14.2. The topological polar surface area (TPSA) is 69.7 Å². The van der Waals surface area contributed by atoms with Crippen molar-refractivity contribution >= 4 is 33.2 Å². The number of rotatable bonds is 5. The number of hydrogen-bond donors (Lipinski definition) is 1. The van der Waals surface area contributed by atoms with Crippen LogP contribution in [0.5, 0.6) is 0 Å². The van der Waals surface area contributed by atoms with Crippen molar-refractivity contribution in [2.75, 3.05) is 38.0 Å². The van der Waals surface area contributed by atoms with Crippen LogP contribution in [-0.2, 0) is 14.8 Å². The van der Waals surface area contributed by atoms with Gasteiger partial charge in [0.2, 0.25) is 15.9 Å². The first-order valence-corrected chi connectivity index (χ1v) is 10.5. The molecule has 27 heavy (non-hydrogen) atoms. The molecule has 1 fully saturated rings. The number of hydrogen-bond acceptors (Lipinski definition) is 4. The quantitative estimate of drug-likeness (QED) is 0.827. The van der Waals surface area contributed by atoms with Crippen molar-refractivity contribution < 1.29 is 13.2 Å². The van der Waals surface area contributed by atoms with Gasteiger partial charge in [-0.05, 0) is 36.8 Å². The lowest BCUT2D eigenvalue weighted by molar-refractivity contribution is -0.117. The Balaban J connectivity index is 1.57. The highest BCUT2D eigenvalue weighted by Crippen LogP contribution is 2.26. The van der Waals surface area contributed by atoms with Gasteiger partial charge in [0, 0.05) is 31.9 Å². The zero-order valence-electron chi connectivity index (χ0n) is 15.1. The predicted molar refractivity (Wildman–Crippen MR) is 106 cm³/mol. The van der Waals surface area contributed by atoms with E-state index >= 15 is 0 Å². The third kappa shape index (κ3) is 4.87. The molecule has 8 heteroatoms. The predicted octanol–water partition coefficient (Wildman–Crippen LogP) is 2.59. The van der Waals surface area contributed by atoms with Crippen molar-refractivity contribution in [1.29, 1.82) is 0 Å². The summed E-state index contributed by atoms with van der Waals surface area (Å²) in [6.45, 7) is 3.72. The van der Waals surface area contributed by atoms with Gasteiger partial charge in [0.15, 0.2) is 0 Å². The van der Waals surface area contributed by atoms with E-state index in [1.54, 1.807) is 18.2 Å². The molecule has 1 amide bonds. The zero-order chi connectivity index (χ0) is 19.4. The lowest BCUT2D eigenvalue weighted by Crippen LogP contribution is -2.50. The number of benzene rings is 2. The second-order valence-electron chi connectivity index (χ2n) is 6.53. The third-order valence-corrected chi connectivity index (χ3v) is 6.84. The summed E-state index contributed by atoms with van der Waals surface area (Å²) >= 11 is 6.14. The number of halogens is 1. The molecule has 1 heterocycles. The van der Waals surface area contributed by atoms with E-state index in [-0.39, 0.29) is 22.4 Å². The van der Waals surface area contributed by atoms with Crippen molar-refractivity contribution in [2.24, 2.45) is 0 Å². The van der Waals surface area contributed by atoms with Crippen LogP contribution in [0.25, 0.3) is 0 Å². The molecule has 2 aromatic rings. The van der Waals surface area contributed by atoms with E-state index in [0.717, 1.165) is 11.3 Å². The molecule has 0 aliphatic carbocycles. The fourth-order valence-electron chi connectivity index (χ4n) is 3.01. The van der Waals surface area contributed by atoms with E-state index in [2.05, 4.69) is 5.32 Å². The maximum atomic E-state index is 12.8.